The van der Waals surface area contributed by atoms with Crippen LogP contribution in [0.25, 0.3) is 0 Å². The molecule has 2 rings (SSSR count). The number of nitrogens with two attached hydrogens (primary N) is 1. The van der Waals surface area contributed by atoms with Crippen LogP contribution in [0.3, 0.4) is 0 Å². The number of ether oxygens (including phenoxy) is 5. The van der Waals surface area contributed by atoms with E-state index in [1.807, 2.05) is 13.8 Å². The summed E-state index contributed by atoms with van der Waals surface area (Å²) in [5.41, 5.74) is 6.05. The summed E-state index contributed by atoms with van der Waals surface area (Å²) in [4.78, 5) is 0. The lowest BCUT2D eigenvalue weighted by molar-refractivity contribution is -0.275. The molecule has 21 heavy (non-hydrogen) atoms. The van der Waals surface area contributed by atoms with Crippen molar-refractivity contribution >= 4 is 0 Å². The van der Waals surface area contributed by atoms with E-state index < -0.39 is 0 Å². The molecule has 7 atom stereocenters. The van der Waals surface area contributed by atoms with Gasteiger partial charge in [-0.25, -0.2) is 0 Å². The first-order valence-corrected chi connectivity index (χ1v) is 7.30. The molecule has 0 bridgehead atoms. The first kappa shape index (κ1) is 18.8. The maximum atomic E-state index is 6.09. The average molecular weight is 307 g/mol. The van der Waals surface area contributed by atoms with Gasteiger partial charge in [-0.2, -0.15) is 0 Å². The Morgan fingerprint density at radius 2 is 1.71 bits per heavy atom. The molecule has 0 amide bonds. The molecule has 7 nitrogen and oxygen atoms in total. The van der Waals surface area contributed by atoms with E-state index in [1.165, 1.54) is 0 Å². The van der Waals surface area contributed by atoms with Crippen LogP contribution in [0.2, 0.25) is 0 Å². The van der Waals surface area contributed by atoms with Crippen LogP contribution in [-0.2, 0) is 23.7 Å². The minimum absolute atomic E-state index is 0. The van der Waals surface area contributed by atoms with E-state index in [2.05, 4.69) is 0 Å². The predicted octanol–water partition coefficient (Wildman–Crippen LogP) is -0.152. The fraction of sp³-hybridized carbons (Fsp3) is 1.00. The maximum Gasteiger partial charge on any atom is 0.161 e. The van der Waals surface area contributed by atoms with Crippen molar-refractivity contribution in [3.05, 3.63) is 0 Å². The lowest BCUT2D eigenvalue weighted by Gasteiger charge is -2.42. The van der Waals surface area contributed by atoms with Gasteiger partial charge in [0.15, 0.2) is 6.29 Å². The molecule has 2 saturated heterocycles. The third-order valence-electron chi connectivity index (χ3n) is 4.29. The highest BCUT2D eigenvalue weighted by molar-refractivity contribution is 4.87. The quantitative estimate of drug-likeness (QED) is 0.774. The highest BCUT2D eigenvalue weighted by Crippen LogP contribution is 2.27. The zero-order chi connectivity index (χ0) is 14.7. The van der Waals surface area contributed by atoms with E-state index in [1.54, 1.807) is 14.2 Å². The lowest BCUT2D eigenvalue weighted by atomic mass is 9.99. The molecule has 0 saturated carbocycles. The van der Waals surface area contributed by atoms with Crippen LogP contribution in [0.4, 0.5) is 0 Å². The molecule has 0 aromatic heterocycles. The fourth-order valence-corrected chi connectivity index (χ4v) is 2.93. The Labute approximate surface area is 126 Å². The molecule has 0 aliphatic carbocycles. The smallest absolute Gasteiger partial charge is 0.161 e. The minimum atomic E-state index is -0.332. The van der Waals surface area contributed by atoms with Crippen molar-refractivity contribution in [1.29, 1.82) is 0 Å². The first-order chi connectivity index (χ1) is 9.56. The summed E-state index contributed by atoms with van der Waals surface area (Å²) in [6.07, 6.45) is 0.879. The number of hydrogen-bond acceptors (Lipinski definition) is 6. The molecule has 2 fully saturated rings. The van der Waals surface area contributed by atoms with E-state index in [0.717, 1.165) is 6.42 Å². The van der Waals surface area contributed by atoms with Crippen molar-refractivity contribution in [2.45, 2.75) is 69.5 Å². The van der Waals surface area contributed by atoms with Crippen molar-refractivity contribution in [2.24, 2.45) is 5.73 Å². The van der Waals surface area contributed by atoms with Crippen molar-refractivity contribution in [2.75, 3.05) is 20.8 Å². The molecule has 2 heterocycles. The van der Waals surface area contributed by atoms with Crippen LogP contribution in [0.5, 0.6) is 0 Å². The SMILES string of the molecule is COC1C[C@H](O[C@H]2C(C)OCCC2OC)OC(C)[C@@H]1N.O. The molecule has 0 radical (unpaired) electrons. The summed E-state index contributed by atoms with van der Waals surface area (Å²) in [5.74, 6) is 0. The molecule has 2 aliphatic rings. The summed E-state index contributed by atoms with van der Waals surface area (Å²) in [5, 5.41) is 0. The number of methoxy groups -OCH3 is 2. The summed E-state index contributed by atoms with van der Waals surface area (Å²) in [7, 11) is 3.38. The zero-order valence-corrected chi connectivity index (χ0v) is 13.3. The topological polar surface area (TPSA) is 104 Å². The van der Waals surface area contributed by atoms with Gasteiger partial charge in [0.05, 0.1) is 30.5 Å². The van der Waals surface area contributed by atoms with Crippen LogP contribution in [0, 0.1) is 0 Å². The van der Waals surface area contributed by atoms with E-state index in [4.69, 9.17) is 29.4 Å². The van der Waals surface area contributed by atoms with E-state index >= 15 is 0 Å². The molecule has 0 aromatic carbocycles. The molecular weight excluding hydrogens is 278 g/mol. The molecule has 0 spiro atoms. The van der Waals surface area contributed by atoms with Crippen molar-refractivity contribution in [3.8, 4) is 0 Å². The second-order valence-corrected chi connectivity index (χ2v) is 5.60. The van der Waals surface area contributed by atoms with Gasteiger partial charge in [-0.1, -0.05) is 0 Å². The van der Waals surface area contributed by atoms with Gasteiger partial charge in [-0.15, -0.1) is 0 Å². The van der Waals surface area contributed by atoms with E-state index in [-0.39, 0.29) is 48.3 Å². The van der Waals surface area contributed by atoms with Gasteiger partial charge < -0.3 is 34.9 Å². The van der Waals surface area contributed by atoms with Crippen LogP contribution in [0.15, 0.2) is 0 Å². The highest BCUT2D eigenvalue weighted by Gasteiger charge is 2.40. The second kappa shape index (κ2) is 8.38. The molecule has 7 heteroatoms. The van der Waals surface area contributed by atoms with Gasteiger partial charge in [0.25, 0.3) is 0 Å². The highest BCUT2D eigenvalue weighted by atomic mass is 16.7. The van der Waals surface area contributed by atoms with Gasteiger partial charge in [0.2, 0.25) is 0 Å². The standard InChI is InChI=1S/C14H27NO5.H2O/c1-8-13(15)11(17-4)7-12(19-8)20-14-9(2)18-6-5-10(14)16-3;/h8-14H,5-7,15H2,1-4H3;1H2/t8?,9?,10?,11?,12-,13-,14-;/m0./s1. The van der Waals surface area contributed by atoms with Crippen LogP contribution < -0.4 is 5.73 Å². The van der Waals surface area contributed by atoms with Crippen molar-refractivity contribution in [3.63, 3.8) is 0 Å². The lowest BCUT2D eigenvalue weighted by Crippen LogP contribution is -2.55. The molecule has 4 N–H and O–H groups in total. The molecule has 126 valence electrons. The first-order valence-electron chi connectivity index (χ1n) is 7.30. The minimum Gasteiger partial charge on any atom is -0.412 e. The fourth-order valence-electron chi connectivity index (χ4n) is 2.93. The van der Waals surface area contributed by atoms with Gasteiger partial charge in [-0.05, 0) is 20.3 Å². The molecule has 4 unspecified atom stereocenters. The summed E-state index contributed by atoms with van der Waals surface area (Å²) in [6, 6.07) is -0.127. The van der Waals surface area contributed by atoms with Crippen LogP contribution in [0.1, 0.15) is 26.7 Å². The Morgan fingerprint density at radius 3 is 2.33 bits per heavy atom. The molecule has 2 aliphatic heterocycles. The molecule has 0 aromatic rings. The summed E-state index contributed by atoms with van der Waals surface area (Å²) >= 11 is 0. The Hall–Kier alpha value is -0.280. The predicted molar refractivity (Wildman–Crippen MR) is 77.0 cm³/mol. The maximum absolute atomic E-state index is 6.09. The third kappa shape index (κ3) is 4.35. The normalized spacial score (nSPS) is 44.1. The number of hydrogen-bond donors (Lipinski definition) is 1. The molecular formula is C14H29NO6. The van der Waals surface area contributed by atoms with Crippen molar-refractivity contribution < 1.29 is 29.2 Å². The van der Waals surface area contributed by atoms with Gasteiger partial charge in [0, 0.05) is 27.2 Å². The van der Waals surface area contributed by atoms with Gasteiger partial charge in [0.1, 0.15) is 6.10 Å². The number of rotatable bonds is 4. The summed E-state index contributed by atoms with van der Waals surface area (Å²) < 4.78 is 28.5. The largest absolute Gasteiger partial charge is 0.412 e. The van der Waals surface area contributed by atoms with Gasteiger partial charge >= 0.3 is 0 Å². The summed E-state index contributed by atoms with van der Waals surface area (Å²) in [6.45, 7) is 4.65. The average Bonchev–Trinajstić information content (AvgIpc) is 2.44. The second-order valence-electron chi connectivity index (χ2n) is 5.60. The zero-order valence-electron chi connectivity index (χ0n) is 13.3. The van der Waals surface area contributed by atoms with E-state index in [0.29, 0.717) is 13.0 Å². The Morgan fingerprint density at radius 1 is 1.05 bits per heavy atom. The Balaban J connectivity index is 0.00000220. The van der Waals surface area contributed by atoms with E-state index in [9.17, 15) is 0 Å². The monoisotopic (exact) mass is 307 g/mol. The van der Waals surface area contributed by atoms with Crippen LogP contribution >= 0.6 is 0 Å². The third-order valence-corrected chi connectivity index (χ3v) is 4.29. The Kier molecular flexibility index (Phi) is 7.49. The van der Waals surface area contributed by atoms with Crippen LogP contribution in [-0.4, -0.2) is 69.2 Å². The van der Waals surface area contributed by atoms with Crippen molar-refractivity contribution in [1.82, 2.24) is 0 Å². The van der Waals surface area contributed by atoms with Gasteiger partial charge in [-0.3, -0.25) is 0 Å². The Bertz CT molecular complexity index is 305.